The van der Waals surface area contributed by atoms with Gasteiger partial charge >= 0.3 is 0 Å². The van der Waals surface area contributed by atoms with Crippen LogP contribution in [0.4, 0.5) is 5.69 Å². The maximum absolute atomic E-state index is 5.72. The van der Waals surface area contributed by atoms with Crippen LogP contribution in [0, 0.1) is 26.7 Å². The van der Waals surface area contributed by atoms with Crippen LogP contribution in [0.25, 0.3) is 39.1 Å². The molecule has 12 rings (SSSR count). The molecule has 1 heteroatoms. The van der Waals surface area contributed by atoms with E-state index in [1.54, 1.807) is 5.57 Å². The van der Waals surface area contributed by atoms with E-state index in [0.717, 1.165) is 18.5 Å². The Morgan fingerprint density at radius 1 is 0.648 bits per heavy atom. The summed E-state index contributed by atoms with van der Waals surface area (Å²) in [7, 11) is 0. The summed E-state index contributed by atoms with van der Waals surface area (Å²) in [6.45, 7) is 12.4. The fourth-order valence-electron chi connectivity index (χ4n) is 10.6. The Morgan fingerprint density at radius 3 is 2.00 bits per heavy atom. The number of nitrogen functional groups attached to an aromatic ring is 1. The molecule has 0 aromatic heterocycles. The smallest absolute Gasteiger partial charge is 0.0704 e. The second-order valence-electron chi connectivity index (χ2n) is 18.8. The Morgan fingerprint density at radius 2 is 1.32 bits per heavy atom. The van der Waals surface area contributed by atoms with E-state index in [0.29, 0.717) is 5.92 Å². The van der Waals surface area contributed by atoms with Gasteiger partial charge in [0.15, 0.2) is 0 Å². The number of aryl methyl sites for hydroxylation is 3. The maximum Gasteiger partial charge on any atom is 0.0704 e. The predicted molar refractivity (Wildman–Crippen MR) is 306 cm³/mol. The van der Waals surface area contributed by atoms with Gasteiger partial charge in [-0.1, -0.05) is 236 Å². The van der Waals surface area contributed by atoms with Crippen LogP contribution in [-0.4, -0.2) is 0 Å². The number of anilines is 1. The molecule has 7 aromatic carbocycles. The summed E-state index contributed by atoms with van der Waals surface area (Å²) in [6, 6.07) is 59.5. The maximum atomic E-state index is 5.72. The second kappa shape index (κ2) is 22.1. The molecule has 5 aliphatic rings. The number of fused-ring (bicyclic) bond motifs is 7. The van der Waals surface area contributed by atoms with Gasteiger partial charge in [0.1, 0.15) is 0 Å². The SMILES string of the molecule is C=C/C=C\C=C/c1ccc2c(c1)C1(C3=C2C=CCC3)C2=C(C=CC)C=C=C=C2C(C2CC2)=C1c1ccccc1C.Cc1ccccc1.Cc1ccccc1.Nc1ccc(-c2cccc3ccccc23)cc1. The lowest BCUT2D eigenvalue weighted by atomic mass is 9.63. The van der Waals surface area contributed by atoms with Gasteiger partial charge in [-0.25, -0.2) is 0 Å². The molecule has 1 spiro atoms. The third-order valence-corrected chi connectivity index (χ3v) is 13.9. The lowest BCUT2D eigenvalue weighted by molar-refractivity contribution is 0.742. The highest BCUT2D eigenvalue weighted by atomic mass is 14.6. The average molecular weight is 918 g/mol. The standard InChI is InChI=1S/C40H34.C16H13N.2C7H8/c1-4-6-7-8-16-28-22-25-33-32-19-11-12-21-35(32)40(36(33)26-28)38-30(14-5-2)17-13-20-34(38)37(29-23-24-29)39(40)31-18-10-9-15-27(31)3;17-14-10-8-13(9-11-14)16-7-3-5-12-4-1-2-6-15(12)16;2*1-7-5-3-2-4-6-7/h4-11,14-19,22,25-26,29H,1,12,21,23-24H2,2-3H3;1-11H,17H2;2*2-6H,1H3/b7-6-,14-5?,16-8-;;;. The first-order chi connectivity index (χ1) is 34.8. The molecule has 5 aliphatic carbocycles. The molecule has 0 amide bonds. The number of nitrogens with two attached hydrogens (primary N) is 1. The lowest BCUT2D eigenvalue weighted by Crippen LogP contribution is -2.30. The zero-order valence-corrected chi connectivity index (χ0v) is 41.6. The predicted octanol–water partition coefficient (Wildman–Crippen LogP) is 18.2. The minimum absolute atomic E-state index is 0.337. The fourth-order valence-corrected chi connectivity index (χ4v) is 10.6. The van der Waals surface area contributed by atoms with Crippen molar-refractivity contribution >= 4 is 33.7 Å². The summed E-state index contributed by atoms with van der Waals surface area (Å²) in [5.41, 5.74) is 35.1. The van der Waals surface area contributed by atoms with Gasteiger partial charge in [0.25, 0.3) is 0 Å². The Balaban J connectivity index is 0.000000162. The summed E-state index contributed by atoms with van der Waals surface area (Å²) >= 11 is 0. The second-order valence-corrected chi connectivity index (χ2v) is 18.8. The zero-order valence-electron chi connectivity index (χ0n) is 41.6. The highest BCUT2D eigenvalue weighted by Crippen LogP contribution is 2.69. The molecule has 0 radical (unpaired) electrons. The van der Waals surface area contributed by atoms with Gasteiger partial charge in [-0.15, -0.1) is 0 Å². The molecular formula is C70H63N. The van der Waals surface area contributed by atoms with Gasteiger partial charge in [0.2, 0.25) is 0 Å². The molecule has 0 aliphatic heterocycles. The van der Waals surface area contributed by atoms with Crippen molar-refractivity contribution in [2.24, 2.45) is 5.92 Å². The third-order valence-electron chi connectivity index (χ3n) is 13.9. The number of rotatable bonds is 7. The summed E-state index contributed by atoms with van der Waals surface area (Å²) in [5.74, 6) is 0.581. The van der Waals surface area contributed by atoms with Crippen molar-refractivity contribution in [1.82, 2.24) is 0 Å². The van der Waals surface area contributed by atoms with Crippen LogP contribution >= 0.6 is 0 Å². The van der Waals surface area contributed by atoms with E-state index in [4.69, 9.17) is 5.73 Å². The first kappa shape index (κ1) is 47.9. The van der Waals surface area contributed by atoms with Crippen LogP contribution in [0.2, 0.25) is 0 Å². The summed E-state index contributed by atoms with van der Waals surface area (Å²) < 4.78 is 0. The molecule has 1 saturated carbocycles. The van der Waals surface area contributed by atoms with Crippen molar-refractivity contribution in [3.05, 3.63) is 309 Å². The molecule has 2 N–H and O–H groups in total. The van der Waals surface area contributed by atoms with Crippen molar-refractivity contribution < 1.29 is 0 Å². The molecule has 7 aromatic rings. The summed E-state index contributed by atoms with van der Waals surface area (Å²) in [5, 5.41) is 2.54. The first-order valence-corrected chi connectivity index (χ1v) is 25.1. The van der Waals surface area contributed by atoms with E-state index >= 15 is 0 Å². The zero-order chi connectivity index (χ0) is 49.2. The normalized spacial score (nSPS) is 17.2. The molecule has 1 nitrogen and oxygen atoms in total. The van der Waals surface area contributed by atoms with Gasteiger partial charge in [-0.3, -0.25) is 0 Å². The molecule has 348 valence electrons. The quantitative estimate of drug-likeness (QED) is 0.0962. The average Bonchev–Trinajstić information content (AvgIpc) is 4.15. The van der Waals surface area contributed by atoms with Crippen LogP contribution in [-0.2, 0) is 5.41 Å². The molecule has 0 heterocycles. The first-order valence-electron chi connectivity index (χ1n) is 25.1. The van der Waals surface area contributed by atoms with Crippen molar-refractivity contribution in [3.8, 4) is 11.1 Å². The highest BCUT2D eigenvalue weighted by Gasteiger charge is 2.58. The number of hydrogen-bond acceptors (Lipinski definition) is 1. The fraction of sp³-hybridized carbons (Fsp3) is 0.143. The topological polar surface area (TPSA) is 26.0 Å². The summed E-state index contributed by atoms with van der Waals surface area (Å²) in [4.78, 5) is 0. The van der Waals surface area contributed by atoms with E-state index in [1.807, 2.05) is 66.8 Å². The minimum atomic E-state index is -0.337. The van der Waals surface area contributed by atoms with Crippen molar-refractivity contribution in [2.45, 2.75) is 58.8 Å². The van der Waals surface area contributed by atoms with E-state index in [2.05, 4.69) is 210 Å². The summed E-state index contributed by atoms with van der Waals surface area (Å²) in [6.07, 6.45) is 26.2. The van der Waals surface area contributed by atoms with Crippen LogP contribution in [0.15, 0.2) is 270 Å². The van der Waals surface area contributed by atoms with Crippen LogP contribution in [0.3, 0.4) is 0 Å². The van der Waals surface area contributed by atoms with Crippen LogP contribution < -0.4 is 5.73 Å². The van der Waals surface area contributed by atoms with Crippen LogP contribution in [0.5, 0.6) is 0 Å². The van der Waals surface area contributed by atoms with E-state index in [9.17, 15) is 0 Å². The Kier molecular flexibility index (Phi) is 14.9. The monoisotopic (exact) mass is 917 g/mol. The number of benzene rings is 7. The van der Waals surface area contributed by atoms with E-state index < -0.39 is 0 Å². The molecule has 1 fully saturated rings. The largest absolute Gasteiger partial charge is 0.399 e. The van der Waals surface area contributed by atoms with Gasteiger partial charge < -0.3 is 5.73 Å². The molecular weight excluding hydrogens is 855 g/mol. The van der Waals surface area contributed by atoms with Gasteiger partial charge in [0, 0.05) is 11.3 Å². The van der Waals surface area contributed by atoms with Gasteiger partial charge in [-0.05, 0) is 167 Å². The molecule has 0 saturated heterocycles. The van der Waals surface area contributed by atoms with Crippen LogP contribution in [0.1, 0.15) is 71.6 Å². The minimum Gasteiger partial charge on any atom is -0.399 e. The van der Waals surface area contributed by atoms with Crippen molar-refractivity contribution in [2.75, 3.05) is 5.73 Å². The van der Waals surface area contributed by atoms with E-state index in [-0.39, 0.29) is 5.41 Å². The Bertz CT molecular complexity index is 3370. The van der Waals surface area contributed by atoms with Gasteiger partial charge in [0.05, 0.1) is 5.41 Å². The number of allylic oxidation sites excluding steroid dienone is 16. The molecule has 1 unspecified atom stereocenters. The van der Waals surface area contributed by atoms with Crippen molar-refractivity contribution in [3.63, 3.8) is 0 Å². The third kappa shape index (κ3) is 10.1. The van der Waals surface area contributed by atoms with Gasteiger partial charge in [-0.2, -0.15) is 0 Å². The Labute approximate surface area is 422 Å². The Hall–Kier alpha value is -8.18. The molecule has 0 bridgehead atoms. The highest BCUT2D eigenvalue weighted by molar-refractivity contribution is 6.05. The lowest BCUT2D eigenvalue weighted by Gasteiger charge is -2.37. The van der Waals surface area contributed by atoms with E-state index in [1.165, 1.54) is 107 Å². The number of hydrogen-bond donors (Lipinski definition) is 1. The molecule has 71 heavy (non-hydrogen) atoms. The van der Waals surface area contributed by atoms with Crippen molar-refractivity contribution in [1.29, 1.82) is 0 Å². The molecule has 1 atom stereocenters.